The van der Waals surface area contributed by atoms with Crippen LogP contribution >= 0.6 is 11.8 Å². The zero-order valence-electron chi connectivity index (χ0n) is 16.4. The number of amides is 1. The van der Waals surface area contributed by atoms with Gasteiger partial charge in [-0.25, -0.2) is 8.42 Å². The molecule has 0 spiro atoms. The van der Waals surface area contributed by atoms with E-state index in [1.54, 1.807) is 16.4 Å². The molecule has 0 radical (unpaired) electrons. The smallest absolute Gasteiger partial charge is 0.243 e. The van der Waals surface area contributed by atoms with Crippen molar-refractivity contribution in [3.8, 4) is 5.75 Å². The third-order valence-corrected chi connectivity index (χ3v) is 7.96. The molecule has 2 aliphatic heterocycles. The average molecular weight is 428 g/mol. The second-order valence-electron chi connectivity index (χ2n) is 7.12. The lowest BCUT2D eigenvalue weighted by Gasteiger charge is -2.25. The van der Waals surface area contributed by atoms with Crippen LogP contribution in [0.5, 0.6) is 5.75 Å². The molecule has 28 heavy (non-hydrogen) atoms. The van der Waals surface area contributed by atoms with Gasteiger partial charge in [0.05, 0.1) is 24.2 Å². The zero-order valence-corrected chi connectivity index (χ0v) is 18.0. The maximum absolute atomic E-state index is 13.1. The van der Waals surface area contributed by atoms with Crippen molar-refractivity contribution in [2.75, 3.05) is 56.7 Å². The number of nitrogens with zero attached hydrogens (tertiary/aromatic N) is 2. The fourth-order valence-corrected chi connectivity index (χ4v) is 6.05. The summed E-state index contributed by atoms with van der Waals surface area (Å²) in [5.41, 5.74) is 0.398. The minimum atomic E-state index is -3.58. The molecule has 0 bridgehead atoms. The predicted octanol–water partition coefficient (Wildman–Crippen LogP) is 2.25. The molecule has 1 aromatic rings. The van der Waals surface area contributed by atoms with Crippen molar-refractivity contribution < 1.29 is 17.9 Å². The van der Waals surface area contributed by atoms with E-state index < -0.39 is 10.0 Å². The van der Waals surface area contributed by atoms with Crippen LogP contribution in [0.15, 0.2) is 23.1 Å². The van der Waals surface area contributed by atoms with Gasteiger partial charge in [0.2, 0.25) is 15.9 Å². The van der Waals surface area contributed by atoms with Gasteiger partial charge in [-0.3, -0.25) is 9.69 Å². The van der Waals surface area contributed by atoms with Gasteiger partial charge in [0.1, 0.15) is 5.75 Å². The maximum Gasteiger partial charge on any atom is 0.243 e. The van der Waals surface area contributed by atoms with E-state index >= 15 is 0 Å². The highest BCUT2D eigenvalue weighted by Crippen LogP contribution is 2.30. The van der Waals surface area contributed by atoms with Crippen LogP contribution < -0.4 is 10.1 Å². The number of carbonyl (C=O) groups is 1. The topological polar surface area (TPSA) is 79.0 Å². The number of thioether (sulfide) groups is 1. The summed E-state index contributed by atoms with van der Waals surface area (Å²) in [4.78, 5) is 14.8. The number of hydrogen-bond acceptors (Lipinski definition) is 6. The van der Waals surface area contributed by atoms with Gasteiger partial charge >= 0.3 is 0 Å². The molecule has 2 fully saturated rings. The minimum absolute atomic E-state index is 0.158. The highest BCUT2D eigenvalue weighted by atomic mass is 32.2. The molecule has 0 aromatic heterocycles. The van der Waals surface area contributed by atoms with Gasteiger partial charge in [-0.2, -0.15) is 16.1 Å². The molecule has 1 N–H and O–H groups in total. The first-order valence-electron chi connectivity index (χ1n) is 9.79. The number of carbonyl (C=O) groups excluding carboxylic acids is 1. The number of anilines is 1. The first kappa shape index (κ1) is 21.4. The number of ether oxygens (including phenoxy) is 1. The molecule has 1 amide bonds. The van der Waals surface area contributed by atoms with E-state index in [-0.39, 0.29) is 10.8 Å². The number of nitrogens with one attached hydrogen (secondary N) is 1. The molecule has 3 rings (SSSR count). The lowest BCUT2D eigenvalue weighted by molar-refractivity contribution is -0.117. The van der Waals surface area contributed by atoms with Gasteiger partial charge < -0.3 is 10.1 Å². The van der Waals surface area contributed by atoms with Crippen molar-refractivity contribution in [1.82, 2.24) is 9.21 Å². The normalized spacial score (nSPS) is 19.8. The maximum atomic E-state index is 13.1. The van der Waals surface area contributed by atoms with Gasteiger partial charge in [-0.05, 0) is 31.0 Å². The van der Waals surface area contributed by atoms with Crippen molar-refractivity contribution >= 4 is 33.4 Å². The quantitative estimate of drug-likeness (QED) is 0.750. The largest absolute Gasteiger partial charge is 0.495 e. The Balaban J connectivity index is 1.76. The Morgan fingerprint density at radius 1 is 1.11 bits per heavy atom. The van der Waals surface area contributed by atoms with Gasteiger partial charge in [-0.15, -0.1) is 0 Å². The Labute approximate surface area is 171 Å². The van der Waals surface area contributed by atoms with Crippen molar-refractivity contribution in [2.24, 2.45) is 0 Å². The first-order valence-corrected chi connectivity index (χ1v) is 12.4. The van der Waals surface area contributed by atoms with Crippen LogP contribution in [-0.2, 0) is 14.8 Å². The Morgan fingerprint density at radius 2 is 1.79 bits per heavy atom. The highest BCUT2D eigenvalue weighted by Gasteiger charge is 2.26. The molecule has 9 heteroatoms. The highest BCUT2D eigenvalue weighted by molar-refractivity contribution is 7.99. The third kappa shape index (κ3) is 5.40. The monoisotopic (exact) mass is 427 g/mol. The summed E-state index contributed by atoms with van der Waals surface area (Å²) in [5.74, 6) is 2.35. The summed E-state index contributed by atoms with van der Waals surface area (Å²) in [6.07, 6.45) is 3.89. The van der Waals surface area contributed by atoms with Gasteiger partial charge in [0, 0.05) is 37.7 Å². The zero-order chi connectivity index (χ0) is 20.0. The van der Waals surface area contributed by atoms with Crippen LogP contribution in [0.4, 0.5) is 5.69 Å². The molecule has 0 aliphatic carbocycles. The first-order chi connectivity index (χ1) is 13.5. The lowest BCUT2D eigenvalue weighted by atomic mass is 10.2. The molecule has 0 atom stereocenters. The van der Waals surface area contributed by atoms with E-state index in [1.807, 2.05) is 11.8 Å². The number of hydrogen-bond donors (Lipinski definition) is 1. The van der Waals surface area contributed by atoms with Crippen LogP contribution in [0.25, 0.3) is 0 Å². The average Bonchev–Trinajstić information content (AvgIpc) is 2.98. The molecule has 7 nitrogen and oxygen atoms in total. The molecule has 156 valence electrons. The van der Waals surface area contributed by atoms with Crippen LogP contribution in [0, 0.1) is 0 Å². The summed E-state index contributed by atoms with van der Waals surface area (Å²) in [6.45, 7) is 3.16. The molecular formula is C19H29N3O4S2. The van der Waals surface area contributed by atoms with E-state index in [4.69, 9.17) is 4.74 Å². The molecular weight excluding hydrogens is 398 g/mol. The summed E-state index contributed by atoms with van der Waals surface area (Å²) < 4.78 is 33.0. The Bertz CT molecular complexity index is 771. The van der Waals surface area contributed by atoms with Crippen LogP contribution in [0.2, 0.25) is 0 Å². The SMILES string of the molecule is COc1ccc(S(=O)(=O)N2CCCCCC2)cc1NC(=O)CN1CCSCC1. The van der Waals surface area contributed by atoms with Crippen LogP contribution in [-0.4, -0.2) is 74.9 Å². The van der Waals surface area contributed by atoms with Crippen LogP contribution in [0.1, 0.15) is 25.7 Å². The van der Waals surface area contributed by atoms with Crippen molar-refractivity contribution in [3.63, 3.8) is 0 Å². The van der Waals surface area contributed by atoms with E-state index in [1.165, 1.54) is 13.2 Å². The number of rotatable bonds is 6. The Morgan fingerprint density at radius 3 is 2.43 bits per heavy atom. The molecule has 0 saturated carbocycles. The predicted molar refractivity (Wildman–Crippen MR) is 113 cm³/mol. The molecule has 1 aromatic carbocycles. The van der Waals surface area contributed by atoms with Crippen LogP contribution in [0.3, 0.4) is 0 Å². The van der Waals surface area contributed by atoms with Gasteiger partial charge in [-0.1, -0.05) is 12.8 Å². The Hall–Kier alpha value is -1.29. The minimum Gasteiger partial charge on any atom is -0.495 e. The summed E-state index contributed by atoms with van der Waals surface area (Å²) in [7, 11) is -2.07. The van der Waals surface area contributed by atoms with Crippen molar-refractivity contribution in [2.45, 2.75) is 30.6 Å². The van der Waals surface area contributed by atoms with Crippen molar-refractivity contribution in [3.05, 3.63) is 18.2 Å². The summed E-state index contributed by atoms with van der Waals surface area (Å²) in [6, 6.07) is 4.68. The van der Waals surface area contributed by atoms with E-state index in [9.17, 15) is 13.2 Å². The number of benzene rings is 1. The lowest BCUT2D eigenvalue weighted by Crippen LogP contribution is -2.38. The van der Waals surface area contributed by atoms with E-state index in [0.717, 1.165) is 50.3 Å². The van der Waals surface area contributed by atoms with E-state index in [2.05, 4.69) is 10.2 Å². The summed E-state index contributed by atoms with van der Waals surface area (Å²) >= 11 is 1.89. The second-order valence-corrected chi connectivity index (χ2v) is 10.3. The standard InChI is InChI=1S/C19H29N3O4S2/c1-26-18-7-6-16(28(24,25)22-8-4-2-3-5-9-22)14-17(18)20-19(23)15-21-10-12-27-13-11-21/h6-7,14H,2-5,8-13,15H2,1H3,(H,20,23). The molecule has 2 heterocycles. The van der Waals surface area contributed by atoms with Gasteiger partial charge in [0.25, 0.3) is 0 Å². The fraction of sp³-hybridized carbons (Fsp3) is 0.632. The Kier molecular flexibility index (Phi) is 7.62. The second kappa shape index (κ2) is 9.96. The van der Waals surface area contributed by atoms with E-state index in [0.29, 0.717) is 31.1 Å². The molecule has 2 saturated heterocycles. The van der Waals surface area contributed by atoms with Gasteiger partial charge in [0.15, 0.2) is 0 Å². The third-order valence-electron chi connectivity index (χ3n) is 5.12. The van der Waals surface area contributed by atoms with Crippen molar-refractivity contribution in [1.29, 1.82) is 0 Å². The molecule has 0 unspecified atom stereocenters. The fourth-order valence-electron chi connectivity index (χ4n) is 3.53. The summed E-state index contributed by atoms with van der Waals surface area (Å²) in [5, 5.41) is 2.84. The number of sulfonamides is 1. The number of methoxy groups -OCH3 is 1. The molecule has 2 aliphatic rings.